The lowest BCUT2D eigenvalue weighted by Gasteiger charge is -2.07. The third kappa shape index (κ3) is 2.10. The van der Waals surface area contributed by atoms with Gasteiger partial charge in [0.2, 0.25) is 0 Å². The summed E-state index contributed by atoms with van der Waals surface area (Å²) in [5.41, 5.74) is 7.31. The van der Waals surface area contributed by atoms with E-state index in [0.717, 1.165) is 30.1 Å². The van der Waals surface area contributed by atoms with Crippen molar-refractivity contribution in [2.45, 2.75) is 12.8 Å². The third-order valence-corrected chi connectivity index (χ3v) is 3.36. The Hall–Kier alpha value is -1.62. The Balaban J connectivity index is 1.81. The molecule has 90 valence electrons. The number of nitrogens with zero attached hydrogens (tertiary/aromatic N) is 4. The molecule has 5 heteroatoms. The van der Waals surface area contributed by atoms with Gasteiger partial charge < -0.3 is 10.6 Å². The normalized spacial score (nSPS) is 21.4. The summed E-state index contributed by atoms with van der Waals surface area (Å²) in [4.78, 5) is 6.88. The number of likely N-dealkylation sites (tertiary alicyclic amines) is 1. The fourth-order valence-electron chi connectivity index (χ4n) is 2.48. The highest BCUT2D eigenvalue weighted by Gasteiger charge is 2.21. The van der Waals surface area contributed by atoms with Crippen LogP contribution in [0.2, 0.25) is 0 Å². The van der Waals surface area contributed by atoms with Crippen molar-refractivity contribution in [2.24, 2.45) is 5.92 Å². The molecule has 0 saturated carbocycles. The van der Waals surface area contributed by atoms with Gasteiger partial charge in [-0.15, -0.1) is 0 Å². The van der Waals surface area contributed by atoms with Crippen LogP contribution in [0, 0.1) is 5.92 Å². The van der Waals surface area contributed by atoms with E-state index in [4.69, 9.17) is 5.73 Å². The van der Waals surface area contributed by atoms with Gasteiger partial charge in [-0.2, -0.15) is 5.10 Å². The van der Waals surface area contributed by atoms with Crippen LogP contribution in [-0.2, 0) is 6.42 Å². The molecule has 1 aliphatic heterocycles. The van der Waals surface area contributed by atoms with E-state index >= 15 is 0 Å². The number of aromatic nitrogens is 3. The molecular formula is C12H17N5. The van der Waals surface area contributed by atoms with Gasteiger partial charge in [-0.05, 0) is 38.1 Å². The second-order valence-electron chi connectivity index (χ2n) is 4.91. The van der Waals surface area contributed by atoms with E-state index in [9.17, 15) is 0 Å². The SMILES string of the molecule is CN1CCC(Cc2nc3ccc(N)cn3n2)C1. The highest BCUT2D eigenvalue weighted by molar-refractivity contribution is 5.46. The van der Waals surface area contributed by atoms with Crippen LogP contribution in [0.1, 0.15) is 12.2 Å². The minimum absolute atomic E-state index is 0.690. The zero-order chi connectivity index (χ0) is 11.8. The van der Waals surface area contributed by atoms with E-state index in [1.165, 1.54) is 13.0 Å². The maximum atomic E-state index is 5.72. The maximum absolute atomic E-state index is 5.72. The lowest BCUT2D eigenvalue weighted by Crippen LogP contribution is -2.15. The van der Waals surface area contributed by atoms with Crippen LogP contribution < -0.4 is 5.73 Å². The molecule has 17 heavy (non-hydrogen) atoms. The second kappa shape index (κ2) is 4.00. The van der Waals surface area contributed by atoms with Crippen molar-refractivity contribution in [1.82, 2.24) is 19.5 Å². The van der Waals surface area contributed by atoms with Gasteiger partial charge in [0.25, 0.3) is 0 Å². The largest absolute Gasteiger partial charge is 0.397 e. The Kier molecular flexibility index (Phi) is 2.48. The molecule has 3 heterocycles. The van der Waals surface area contributed by atoms with E-state index in [0.29, 0.717) is 5.92 Å². The molecule has 0 bridgehead atoms. The number of hydrogen-bond donors (Lipinski definition) is 1. The number of anilines is 1. The van der Waals surface area contributed by atoms with Gasteiger partial charge in [0, 0.05) is 13.0 Å². The number of pyridine rings is 1. The number of hydrogen-bond acceptors (Lipinski definition) is 4. The molecule has 2 aromatic rings. The zero-order valence-corrected chi connectivity index (χ0v) is 10.0. The lowest BCUT2D eigenvalue weighted by atomic mass is 10.1. The Bertz CT molecular complexity index is 533. The van der Waals surface area contributed by atoms with Crippen LogP contribution in [0.4, 0.5) is 5.69 Å². The van der Waals surface area contributed by atoms with Gasteiger partial charge in [-0.1, -0.05) is 0 Å². The van der Waals surface area contributed by atoms with Gasteiger partial charge in [-0.25, -0.2) is 9.50 Å². The minimum atomic E-state index is 0.690. The van der Waals surface area contributed by atoms with E-state index in [2.05, 4.69) is 22.0 Å². The molecule has 0 aliphatic carbocycles. The number of fused-ring (bicyclic) bond motifs is 1. The average Bonchev–Trinajstić information content (AvgIpc) is 2.84. The Labute approximate surface area is 100 Å². The van der Waals surface area contributed by atoms with Gasteiger partial charge in [0.15, 0.2) is 11.5 Å². The molecule has 0 amide bonds. The fourth-order valence-corrected chi connectivity index (χ4v) is 2.48. The Morgan fingerprint density at radius 1 is 1.47 bits per heavy atom. The summed E-state index contributed by atoms with van der Waals surface area (Å²) in [7, 11) is 2.16. The van der Waals surface area contributed by atoms with Gasteiger partial charge >= 0.3 is 0 Å². The van der Waals surface area contributed by atoms with E-state index < -0.39 is 0 Å². The first kappa shape index (κ1) is 10.5. The van der Waals surface area contributed by atoms with Crippen LogP contribution in [0.25, 0.3) is 5.65 Å². The molecule has 0 spiro atoms. The van der Waals surface area contributed by atoms with Crippen LogP contribution in [0.15, 0.2) is 18.3 Å². The highest BCUT2D eigenvalue weighted by Crippen LogP contribution is 2.18. The van der Waals surface area contributed by atoms with E-state index in [1.54, 1.807) is 4.52 Å². The third-order valence-electron chi connectivity index (χ3n) is 3.36. The van der Waals surface area contributed by atoms with Crippen molar-refractivity contribution in [2.75, 3.05) is 25.9 Å². The standard InChI is InChI=1S/C12H17N5/c1-16-5-4-9(7-16)6-11-14-12-3-2-10(13)8-17(12)15-11/h2-3,8-9H,4-7,13H2,1H3. The van der Waals surface area contributed by atoms with Crippen LogP contribution in [-0.4, -0.2) is 39.6 Å². The Morgan fingerprint density at radius 2 is 2.35 bits per heavy atom. The topological polar surface area (TPSA) is 59.5 Å². The highest BCUT2D eigenvalue weighted by atomic mass is 15.3. The van der Waals surface area contributed by atoms with Crippen molar-refractivity contribution in [1.29, 1.82) is 0 Å². The second-order valence-corrected chi connectivity index (χ2v) is 4.91. The van der Waals surface area contributed by atoms with Crippen LogP contribution in [0.5, 0.6) is 0 Å². The molecule has 2 N–H and O–H groups in total. The summed E-state index contributed by atoms with van der Waals surface area (Å²) in [5, 5.41) is 4.47. The van der Waals surface area contributed by atoms with E-state index in [-0.39, 0.29) is 0 Å². The minimum Gasteiger partial charge on any atom is -0.397 e. The molecule has 1 saturated heterocycles. The van der Waals surface area contributed by atoms with E-state index in [1.807, 2.05) is 18.3 Å². The van der Waals surface area contributed by atoms with Crippen molar-refractivity contribution in [3.05, 3.63) is 24.2 Å². The summed E-state index contributed by atoms with van der Waals surface area (Å²) in [6.45, 7) is 2.34. The predicted octanol–water partition coefficient (Wildman–Crippen LogP) is 0.806. The molecule has 1 fully saturated rings. The van der Waals surface area contributed by atoms with Gasteiger partial charge in [-0.3, -0.25) is 0 Å². The fraction of sp³-hybridized carbons (Fsp3) is 0.500. The number of rotatable bonds is 2. The van der Waals surface area contributed by atoms with Crippen molar-refractivity contribution < 1.29 is 0 Å². The molecule has 3 rings (SSSR count). The molecule has 1 unspecified atom stereocenters. The first-order valence-corrected chi connectivity index (χ1v) is 6.00. The first-order chi connectivity index (χ1) is 8.20. The zero-order valence-electron chi connectivity index (χ0n) is 10.0. The van der Waals surface area contributed by atoms with Gasteiger partial charge in [0.05, 0.1) is 11.9 Å². The summed E-state index contributed by atoms with van der Waals surface area (Å²) >= 11 is 0. The maximum Gasteiger partial charge on any atom is 0.155 e. The number of nitrogen functional groups attached to an aromatic ring is 1. The molecule has 0 radical (unpaired) electrons. The van der Waals surface area contributed by atoms with Crippen molar-refractivity contribution >= 4 is 11.3 Å². The van der Waals surface area contributed by atoms with Crippen molar-refractivity contribution in [3.8, 4) is 0 Å². The molecule has 2 aromatic heterocycles. The molecular weight excluding hydrogens is 214 g/mol. The summed E-state index contributed by atoms with van der Waals surface area (Å²) in [6.07, 6.45) is 4.02. The molecule has 1 aliphatic rings. The smallest absolute Gasteiger partial charge is 0.155 e. The quantitative estimate of drug-likeness (QED) is 0.830. The average molecular weight is 231 g/mol. The molecule has 0 aromatic carbocycles. The summed E-state index contributed by atoms with van der Waals surface area (Å²) in [5.74, 6) is 1.62. The predicted molar refractivity (Wildman–Crippen MR) is 66.7 cm³/mol. The van der Waals surface area contributed by atoms with Crippen molar-refractivity contribution in [3.63, 3.8) is 0 Å². The number of nitrogens with two attached hydrogens (primary N) is 1. The molecule has 1 atom stereocenters. The molecule has 5 nitrogen and oxygen atoms in total. The Morgan fingerprint density at radius 3 is 3.12 bits per heavy atom. The van der Waals surface area contributed by atoms with Crippen LogP contribution >= 0.6 is 0 Å². The summed E-state index contributed by atoms with van der Waals surface area (Å²) in [6, 6.07) is 3.77. The summed E-state index contributed by atoms with van der Waals surface area (Å²) < 4.78 is 1.77. The van der Waals surface area contributed by atoms with Gasteiger partial charge in [0.1, 0.15) is 0 Å². The lowest BCUT2D eigenvalue weighted by molar-refractivity contribution is 0.392. The van der Waals surface area contributed by atoms with Crippen LogP contribution in [0.3, 0.4) is 0 Å². The first-order valence-electron chi connectivity index (χ1n) is 6.00. The monoisotopic (exact) mass is 231 g/mol.